The number of nitrogens with zero attached hydrogens (tertiary/aromatic N) is 8. The molecule has 0 amide bonds. The summed E-state index contributed by atoms with van der Waals surface area (Å²) in [6.45, 7) is 1.33. The first-order chi connectivity index (χ1) is 16.3. The van der Waals surface area contributed by atoms with Crippen molar-refractivity contribution < 1.29 is 27.6 Å². The van der Waals surface area contributed by atoms with Crippen molar-refractivity contribution in [3.63, 3.8) is 0 Å². The average molecular weight is 532 g/mol. The van der Waals surface area contributed by atoms with Crippen molar-refractivity contribution in [3.8, 4) is 17.2 Å². The zero-order valence-corrected chi connectivity index (χ0v) is 19.2. The van der Waals surface area contributed by atoms with Crippen LogP contribution in [0.2, 0.25) is 0 Å². The molecule has 0 spiro atoms. The number of hydrogen-bond acceptors (Lipinski definition) is 17. The van der Waals surface area contributed by atoms with Crippen LogP contribution in [0.15, 0.2) is 21.4 Å². The molecule has 0 aliphatic heterocycles. The van der Waals surface area contributed by atoms with Crippen molar-refractivity contribution in [1.29, 1.82) is 0 Å². The first-order valence-electron chi connectivity index (χ1n) is 8.62. The number of aromatic nitrogens is 7. The Morgan fingerprint density at radius 2 is 2.12 bits per heavy atom. The second-order valence-electron chi connectivity index (χ2n) is 5.72. The predicted molar refractivity (Wildman–Crippen MR) is 117 cm³/mol. The van der Waals surface area contributed by atoms with E-state index < -0.39 is 21.4 Å². The molecule has 3 rings (SSSR count). The van der Waals surface area contributed by atoms with Crippen molar-refractivity contribution >= 4 is 56.4 Å². The Morgan fingerprint density at radius 3 is 2.82 bits per heavy atom. The lowest BCUT2D eigenvalue weighted by atomic mass is 10.4. The molecule has 18 nitrogen and oxygen atoms in total. The summed E-state index contributed by atoms with van der Waals surface area (Å²) in [7, 11) is -4.24. The van der Waals surface area contributed by atoms with E-state index in [2.05, 4.69) is 70.9 Å². The fraction of sp³-hybridized carbons (Fsp3) is 0.231. The normalized spacial score (nSPS) is 11.4. The maximum atomic E-state index is 12.9. The third kappa shape index (κ3) is 7.25. The maximum Gasteiger partial charge on any atom is 0.301 e. The third-order valence-corrected chi connectivity index (χ3v) is 5.01. The SMILES string of the molecule is Cc1[nH]n(-c2nc(NC#CSOOO)nc(NCCS(=O)(=O)O)n2)c(=O)c1N=Nc1ncns1. The standard InChI is InChI=1S/C13H13N11O7S3/c1-7-8(21-22-13-16-6-17-33-13)9(25)24(23-7)12-19-10(14-2-4-32-31-30-26)18-11(20-12)15-3-5-34(27,28)29/h6,23,26H,3,5H2,1H3,(H,27,28,29)(H2,14,15,18,19,20). The Kier molecular flexibility index (Phi) is 8.54. The number of aromatic amines is 1. The summed E-state index contributed by atoms with van der Waals surface area (Å²) in [5.74, 6) is -1.12. The van der Waals surface area contributed by atoms with Crippen LogP contribution in [-0.4, -0.2) is 64.6 Å². The molecular formula is C13H13N11O7S3. The second kappa shape index (κ2) is 11.6. The van der Waals surface area contributed by atoms with Crippen LogP contribution < -0.4 is 16.2 Å². The van der Waals surface area contributed by atoms with Gasteiger partial charge in [0.15, 0.2) is 5.69 Å². The van der Waals surface area contributed by atoms with E-state index >= 15 is 0 Å². The van der Waals surface area contributed by atoms with E-state index in [1.807, 2.05) is 0 Å². The van der Waals surface area contributed by atoms with E-state index in [1.165, 1.54) is 6.33 Å². The number of hydrogen-bond donors (Lipinski definition) is 5. The van der Waals surface area contributed by atoms with Crippen LogP contribution in [0, 0.1) is 18.2 Å². The molecule has 0 saturated carbocycles. The highest BCUT2D eigenvalue weighted by molar-refractivity contribution is 7.99. The van der Waals surface area contributed by atoms with Gasteiger partial charge in [0.25, 0.3) is 16.1 Å². The van der Waals surface area contributed by atoms with Gasteiger partial charge in [-0.25, -0.2) is 10.2 Å². The van der Waals surface area contributed by atoms with Crippen LogP contribution in [0.4, 0.5) is 22.7 Å². The number of azo groups is 1. The third-order valence-electron chi connectivity index (χ3n) is 3.42. The van der Waals surface area contributed by atoms with E-state index in [0.717, 1.165) is 16.2 Å². The molecule has 5 N–H and O–H groups in total. The van der Waals surface area contributed by atoms with Crippen molar-refractivity contribution in [2.45, 2.75) is 6.92 Å². The van der Waals surface area contributed by atoms with Gasteiger partial charge in [-0.3, -0.25) is 19.8 Å². The van der Waals surface area contributed by atoms with Crippen molar-refractivity contribution in [2.24, 2.45) is 10.2 Å². The smallest absolute Gasteiger partial charge is 0.301 e. The Morgan fingerprint density at radius 1 is 1.32 bits per heavy atom. The highest BCUT2D eigenvalue weighted by atomic mass is 32.2. The molecule has 34 heavy (non-hydrogen) atoms. The largest absolute Gasteiger partial charge is 0.353 e. The summed E-state index contributed by atoms with van der Waals surface area (Å²) in [6, 6.07) is 2.38. The van der Waals surface area contributed by atoms with Crippen LogP contribution in [-0.2, 0) is 19.5 Å². The van der Waals surface area contributed by atoms with Gasteiger partial charge in [0.05, 0.1) is 11.4 Å². The molecule has 0 bridgehead atoms. The molecule has 0 radical (unpaired) electrons. The van der Waals surface area contributed by atoms with Gasteiger partial charge < -0.3 is 5.32 Å². The fourth-order valence-electron chi connectivity index (χ4n) is 2.13. The van der Waals surface area contributed by atoms with Gasteiger partial charge in [-0.2, -0.15) is 32.4 Å². The minimum Gasteiger partial charge on any atom is -0.353 e. The Balaban J connectivity index is 1.92. The number of aryl methyl sites for hydroxylation is 1. The summed E-state index contributed by atoms with van der Waals surface area (Å²) in [5, 5.41) is 29.6. The van der Waals surface area contributed by atoms with Gasteiger partial charge in [0.2, 0.25) is 17.0 Å². The summed E-state index contributed by atoms with van der Waals surface area (Å²) < 4.78 is 39.6. The number of rotatable bonds is 10. The average Bonchev–Trinajstić information content (AvgIpc) is 3.39. The first kappa shape index (κ1) is 25.1. The topological polar surface area (TPSA) is 244 Å². The number of nitrogens with one attached hydrogen (secondary N) is 3. The maximum absolute atomic E-state index is 12.9. The zero-order chi connectivity index (χ0) is 24.6. The molecule has 0 aliphatic rings. The molecule has 180 valence electrons. The molecule has 21 heteroatoms. The fourth-order valence-corrected chi connectivity index (χ4v) is 3.00. The summed E-state index contributed by atoms with van der Waals surface area (Å²) in [6.07, 6.45) is 1.29. The van der Waals surface area contributed by atoms with E-state index in [1.54, 1.807) is 6.92 Å². The van der Waals surface area contributed by atoms with Crippen molar-refractivity contribution in [3.05, 3.63) is 22.4 Å². The lowest BCUT2D eigenvalue weighted by molar-refractivity contribution is -0.431. The van der Waals surface area contributed by atoms with E-state index in [0.29, 0.717) is 17.7 Å². The second-order valence-corrected chi connectivity index (χ2v) is 8.56. The lowest BCUT2D eigenvalue weighted by Gasteiger charge is -2.07. The molecule has 0 aliphatic carbocycles. The van der Waals surface area contributed by atoms with Crippen LogP contribution in [0.5, 0.6) is 0 Å². The minimum atomic E-state index is -4.24. The molecule has 3 heterocycles. The Hall–Kier alpha value is -3.52. The van der Waals surface area contributed by atoms with Crippen molar-refractivity contribution in [1.82, 2.24) is 34.1 Å². The van der Waals surface area contributed by atoms with Crippen molar-refractivity contribution in [2.75, 3.05) is 22.9 Å². The molecule has 3 aromatic heterocycles. The van der Waals surface area contributed by atoms with Gasteiger partial charge in [-0.1, -0.05) is 5.04 Å². The van der Waals surface area contributed by atoms with E-state index in [4.69, 9.17) is 9.81 Å². The molecule has 0 saturated heterocycles. The molecular weight excluding hydrogens is 518 g/mol. The Bertz CT molecular complexity index is 1380. The van der Waals surface area contributed by atoms with Gasteiger partial charge >= 0.3 is 5.56 Å². The Labute approximate surface area is 197 Å². The lowest BCUT2D eigenvalue weighted by Crippen LogP contribution is -2.21. The summed E-state index contributed by atoms with van der Waals surface area (Å²) in [4.78, 5) is 28.8. The molecule has 0 atom stereocenters. The van der Waals surface area contributed by atoms with Gasteiger partial charge in [0.1, 0.15) is 18.4 Å². The van der Waals surface area contributed by atoms with Crippen LogP contribution in [0.3, 0.4) is 0 Å². The van der Waals surface area contributed by atoms with Gasteiger partial charge in [0, 0.05) is 29.4 Å². The van der Waals surface area contributed by atoms with Gasteiger partial charge in [-0.05, 0) is 6.92 Å². The van der Waals surface area contributed by atoms with Gasteiger partial charge in [-0.15, -0.1) is 14.6 Å². The van der Waals surface area contributed by atoms with Crippen LogP contribution >= 0.6 is 23.6 Å². The van der Waals surface area contributed by atoms with E-state index in [-0.39, 0.29) is 35.2 Å². The summed E-state index contributed by atoms with van der Waals surface area (Å²) >= 11 is 1.42. The van der Waals surface area contributed by atoms with Crippen LogP contribution in [0.25, 0.3) is 5.95 Å². The minimum absolute atomic E-state index is 0.0386. The molecule has 0 aromatic carbocycles. The summed E-state index contributed by atoms with van der Waals surface area (Å²) in [5.41, 5.74) is -0.350. The van der Waals surface area contributed by atoms with E-state index in [9.17, 15) is 13.2 Å². The predicted octanol–water partition coefficient (Wildman–Crippen LogP) is 0.625. The quantitative estimate of drug-likeness (QED) is 0.0352. The molecule has 3 aromatic rings. The highest BCUT2D eigenvalue weighted by Gasteiger charge is 2.17. The number of anilines is 2. The zero-order valence-electron chi connectivity index (χ0n) is 16.7. The highest BCUT2D eigenvalue weighted by Crippen LogP contribution is 2.19. The molecule has 0 unspecified atom stereocenters. The number of H-pyrrole nitrogens is 1. The monoisotopic (exact) mass is 531 g/mol. The van der Waals surface area contributed by atoms with Crippen LogP contribution in [0.1, 0.15) is 5.69 Å². The first-order valence-corrected chi connectivity index (χ1v) is 11.7. The molecule has 0 fully saturated rings.